The normalized spacial score (nSPS) is 15.1. The number of anilines is 1. The highest BCUT2D eigenvalue weighted by molar-refractivity contribution is 14.1. The van der Waals surface area contributed by atoms with Crippen molar-refractivity contribution >= 4 is 68.1 Å². The number of amides is 4. The smallest absolute Gasteiger partial charge is 0.335 e. The van der Waals surface area contributed by atoms with Crippen molar-refractivity contribution in [1.82, 2.24) is 5.32 Å². The van der Waals surface area contributed by atoms with Crippen LogP contribution in [-0.2, 0) is 16.2 Å². The number of benzene rings is 3. The molecule has 0 aliphatic carbocycles. The van der Waals surface area contributed by atoms with Gasteiger partial charge in [0.15, 0.2) is 0 Å². The molecule has 3 aromatic rings. The Morgan fingerprint density at radius 2 is 1.69 bits per heavy atom. The topological polar surface area (TPSA) is 75.7 Å². The van der Waals surface area contributed by atoms with Crippen LogP contribution in [0.5, 0.6) is 5.75 Å². The van der Waals surface area contributed by atoms with Gasteiger partial charge in [0.25, 0.3) is 11.8 Å². The molecule has 8 heteroatoms. The maximum absolute atomic E-state index is 13.0. The Morgan fingerprint density at radius 1 is 0.969 bits per heavy atom. The minimum atomic E-state index is -0.779. The van der Waals surface area contributed by atoms with Gasteiger partial charge in [-0.05, 0) is 76.2 Å². The molecule has 1 aliphatic heterocycles. The molecular formula is C24H16BrIN2O4. The molecule has 1 fully saturated rings. The fourth-order valence-corrected chi connectivity index (χ4v) is 4.07. The fraction of sp³-hybridized carbons (Fsp3) is 0.0417. The van der Waals surface area contributed by atoms with Crippen LogP contribution in [0.25, 0.3) is 6.08 Å². The molecule has 32 heavy (non-hydrogen) atoms. The average Bonchev–Trinajstić information content (AvgIpc) is 2.78. The summed E-state index contributed by atoms with van der Waals surface area (Å²) in [5, 5.41) is 2.23. The van der Waals surface area contributed by atoms with Gasteiger partial charge >= 0.3 is 6.03 Å². The number of urea groups is 1. The van der Waals surface area contributed by atoms with E-state index in [4.69, 9.17) is 4.74 Å². The van der Waals surface area contributed by atoms with E-state index in [1.54, 1.807) is 36.4 Å². The molecule has 1 saturated heterocycles. The van der Waals surface area contributed by atoms with Crippen LogP contribution in [-0.4, -0.2) is 17.8 Å². The Morgan fingerprint density at radius 3 is 2.38 bits per heavy atom. The lowest BCUT2D eigenvalue weighted by Gasteiger charge is -2.26. The summed E-state index contributed by atoms with van der Waals surface area (Å²) >= 11 is 5.47. The third-order valence-electron chi connectivity index (χ3n) is 4.69. The van der Waals surface area contributed by atoms with Gasteiger partial charge in [0, 0.05) is 4.47 Å². The number of imide groups is 2. The number of hydrogen-bond acceptors (Lipinski definition) is 4. The Balaban J connectivity index is 1.57. The summed E-state index contributed by atoms with van der Waals surface area (Å²) in [6.45, 7) is 0.433. The summed E-state index contributed by atoms with van der Waals surface area (Å²) in [6.07, 6.45) is 1.47. The van der Waals surface area contributed by atoms with Gasteiger partial charge in [0.1, 0.15) is 17.9 Å². The van der Waals surface area contributed by atoms with Gasteiger partial charge in [-0.3, -0.25) is 14.9 Å². The zero-order valence-corrected chi connectivity index (χ0v) is 20.3. The van der Waals surface area contributed by atoms with Crippen LogP contribution in [0, 0.1) is 3.57 Å². The predicted molar refractivity (Wildman–Crippen MR) is 133 cm³/mol. The number of rotatable bonds is 5. The third-order valence-corrected chi connectivity index (χ3v) is 6.06. The van der Waals surface area contributed by atoms with Crippen LogP contribution < -0.4 is 15.0 Å². The number of halogens is 2. The summed E-state index contributed by atoms with van der Waals surface area (Å²) < 4.78 is 7.52. The van der Waals surface area contributed by atoms with Crippen LogP contribution in [0.3, 0.4) is 0 Å². The summed E-state index contributed by atoms with van der Waals surface area (Å²) in [4.78, 5) is 38.6. The molecule has 0 saturated carbocycles. The van der Waals surface area contributed by atoms with Gasteiger partial charge in [0.05, 0.1) is 9.26 Å². The predicted octanol–water partition coefficient (Wildman–Crippen LogP) is 5.30. The van der Waals surface area contributed by atoms with E-state index < -0.39 is 17.8 Å². The van der Waals surface area contributed by atoms with Crippen LogP contribution in [0.15, 0.2) is 82.8 Å². The molecule has 0 unspecified atom stereocenters. The summed E-state index contributed by atoms with van der Waals surface area (Å²) in [6, 6.07) is 21.1. The zero-order valence-electron chi connectivity index (χ0n) is 16.5. The minimum absolute atomic E-state index is 0.124. The standard InChI is InChI=1S/C24H16BrIN2O4/c25-17-7-9-18(10-8-17)28-23(30)19(22(29)27-24(28)31)12-16-6-11-21(20(26)13-16)32-14-15-4-2-1-3-5-15/h1-13H,14H2,(H,27,29,31)/b19-12+. The van der Waals surface area contributed by atoms with Gasteiger partial charge in [-0.1, -0.05) is 52.3 Å². The lowest BCUT2D eigenvalue weighted by Crippen LogP contribution is -2.54. The van der Waals surface area contributed by atoms with Crippen molar-refractivity contribution in [2.75, 3.05) is 4.90 Å². The number of ether oxygens (including phenoxy) is 1. The van der Waals surface area contributed by atoms with E-state index >= 15 is 0 Å². The van der Waals surface area contributed by atoms with E-state index in [9.17, 15) is 14.4 Å². The molecule has 0 bridgehead atoms. The van der Waals surface area contributed by atoms with Crippen LogP contribution in [0.1, 0.15) is 11.1 Å². The lowest BCUT2D eigenvalue weighted by molar-refractivity contribution is -0.122. The largest absolute Gasteiger partial charge is 0.488 e. The molecule has 1 N–H and O–H groups in total. The highest BCUT2D eigenvalue weighted by Gasteiger charge is 2.36. The van der Waals surface area contributed by atoms with E-state index in [-0.39, 0.29) is 5.57 Å². The summed E-state index contributed by atoms with van der Waals surface area (Å²) in [5.74, 6) is -0.712. The average molecular weight is 603 g/mol. The van der Waals surface area contributed by atoms with Gasteiger partial charge in [-0.15, -0.1) is 0 Å². The van der Waals surface area contributed by atoms with Crippen molar-refractivity contribution in [3.8, 4) is 5.75 Å². The van der Waals surface area contributed by atoms with E-state index in [1.807, 2.05) is 36.4 Å². The quantitative estimate of drug-likeness (QED) is 0.244. The molecule has 1 aliphatic rings. The number of carbonyl (C=O) groups is 3. The first-order valence-electron chi connectivity index (χ1n) is 9.55. The summed E-state index contributed by atoms with van der Waals surface area (Å²) in [7, 11) is 0. The maximum Gasteiger partial charge on any atom is 0.335 e. The molecule has 6 nitrogen and oxygen atoms in total. The van der Waals surface area contributed by atoms with Crippen molar-refractivity contribution in [3.05, 3.63) is 97.5 Å². The van der Waals surface area contributed by atoms with Gasteiger partial charge in [-0.25, -0.2) is 9.69 Å². The van der Waals surface area contributed by atoms with Crippen molar-refractivity contribution in [2.24, 2.45) is 0 Å². The van der Waals surface area contributed by atoms with Crippen molar-refractivity contribution in [2.45, 2.75) is 6.61 Å². The monoisotopic (exact) mass is 602 g/mol. The second kappa shape index (κ2) is 9.66. The second-order valence-corrected chi connectivity index (χ2v) is 8.98. The SMILES string of the molecule is O=C1NC(=O)N(c2ccc(Br)cc2)C(=O)/C1=C/c1ccc(OCc2ccccc2)c(I)c1. The van der Waals surface area contributed by atoms with Crippen LogP contribution in [0.4, 0.5) is 10.5 Å². The van der Waals surface area contributed by atoms with E-state index in [1.165, 1.54) is 6.08 Å². The fourth-order valence-electron chi connectivity index (χ4n) is 3.11. The molecule has 0 radical (unpaired) electrons. The van der Waals surface area contributed by atoms with Crippen molar-refractivity contribution in [1.29, 1.82) is 0 Å². The maximum atomic E-state index is 13.0. The second-order valence-electron chi connectivity index (χ2n) is 6.90. The van der Waals surface area contributed by atoms with E-state index in [0.717, 1.165) is 18.5 Å². The highest BCUT2D eigenvalue weighted by Crippen LogP contribution is 2.27. The molecule has 160 valence electrons. The molecule has 1 heterocycles. The Bertz CT molecular complexity index is 1230. The number of barbiturate groups is 1. The first-order valence-corrected chi connectivity index (χ1v) is 11.4. The molecular weight excluding hydrogens is 587 g/mol. The van der Waals surface area contributed by atoms with E-state index in [0.29, 0.717) is 23.6 Å². The number of nitrogens with zero attached hydrogens (tertiary/aromatic N) is 1. The number of hydrogen-bond donors (Lipinski definition) is 1. The zero-order chi connectivity index (χ0) is 22.7. The van der Waals surface area contributed by atoms with E-state index in [2.05, 4.69) is 43.8 Å². The van der Waals surface area contributed by atoms with Gasteiger partial charge in [0.2, 0.25) is 0 Å². The molecule has 3 aromatic carbocycles. The molecule has 4 amide bonds. The Kier molecular flexibility index (Phi) is 6.71. The number of carbonyl (C=O) groups excluding carboxylic acids is 3. The molecule has 4 rings (SSSR count). The minimum Gasteiger partial charge on any atom is -0.488 e. The Labute approximate surface area is 206 Å². The molecule has 0 spiro atoms. The van der Waals surface area contributed by atoms with Crippen LogP contribution >= 0.6 is 38.5 Å². The number of nitrogens with one attached hydrogen (secondary N) is 1. The third kappa shape index (κ3) is 4.91. The highest BCUT2D eigenvalue weighted by atomic mass is 127. The Hall–Kier alpha value is -2.98. The lowest BCUT2D eigenvalue weighted by atomic mass is 10.1. The molecule has 0 atom stereocenters. The first-order chi connectivity index (χ1) is 15.4. The molecule has 0 aromatic heterocycles. The van der Waals surface area contributed by atoms with Gasteiger partial charge in [-0.2, -0.15) is 0 Å². The van der Waals surface area contributed by atoms with Crippen LogP contribution in [0.2, 0.25) is 0 Å². The summed E-state index contributed by atoms with van der Waals surface area (Å²) in [5.41, 5.74) is 1.94. The van der Waals surface area contributed by atoms with Gasteiger partial charge < -0.3 is 4.74 Å². The first kappa shape index (κ1) is 22.2. The van der Waals surface area contributed by atoms with Crippen molar-refractivity contribution in [3.63, 3.8) is 0 Å². The van der Waals surface area contributed by atoms with Crippen molar-refractivity contribution < 1.29 is 19.1 Å².